The van der Waals surface area contributed by atoms with Crippen LogP contribution in [0.1, 0.15) is 0 Å². The topological polar surface area (TPSA) is 28.6 Å². The van der Waals surface area contributed by atoms with E-state index in [1.54, 1.807) is 0 Å². The summed E-state index contributed by atoms with van der Waals surface area (Å²) in [5.74, 6) is 0. The van der Waals surface area contributed by atoms with Gasteiger partial charge >= 0.3 is 0 Å². The van der Waals surface area contributed by atoms with E-state index in [4.69, 9.17) is 4.74 Å². The van der Waals surface area contributed by atoms with Crippen LogP contribution in [0, 0.1) is 0 Å². The molecule has 0 unspecified atom stereocenters. The maximum absolute atomic E-state index is 5.30. The molecule has 20 heavy (non-hydrogen) atoms. The van der Waals surface area contributed by atoms with Gasteiger partial charge in [-0.2, -0.15) is 0 Å². The fourth-order valence-electron chi connectivity index (χ4n) is 3.14. The van der Waals surface area contributed by atoms with Crippen LogP contribution in [0.5, 0.6) is 0 Å². The van der Waals surface area contributed by atoms with E-state index in [0.717, 1.165) is 39.4 Å². The minimum absolute atomic E-state index is 0.661. The van der Waals surface area contributed by atoms with Crippen LogP contribution in [-0.4, -0.2) is 55.3 Å². The van der Waals surface area contributed by atoms with Crippen molar-refractivity contribution in [3.05, 3.63) is 36.7 Å². The van der Waals surface area contributed by atoms with Crippen LogP contribution in [0.2, 0.25) is 0 Å². The van der Waals surface area contributed by atoms with E-state index in [9.17, 15) is 0 Å². The molecule has 0 radical (unpaired) electrons. The van der Waals surface area contributed by atoms with E-state index < -0.39 is 0 Å². The maximum Gasteiger partial charge on any atom is 0.0645 e. The number of fused-ring (bicyclic) bond motifs is 1. The first-order valence-electron chi connectivity index (χ1n) is 7.31. The predicted molar refractivity (Wildman–Crippen MR) is 80.1 cm³/mol. The molecule has 4 heteroatoms. The van der Waals surface area contributed by atoms with Gasteiger partial charge in [-0.1, -0.05) is 12.1 Å². The molecule has 1 aromatic carbocycles. The number of aromatic nitrogens is 1. The summed E-state index contributed by atoms with van der Waals surface area (Å²) in [6.07, 6.45) is 3.83. The normalized spacial score (nSPS) is 21.1. The largest absolute Gasteiger partial charge is 0.378 e. The molecule has 2 aliphatic rings. The van der Waals surface area contributed by atoms with Gasteiger partial charge in [-0.25, -0.2) is 0 Å². The van der Waals surface area contributed by atoms with Crippen molar-refractivity contribution in [2.45, 2.75) is 6.04 Å². The highest BCUT2D eigenvalue weighted by molar-refractivity contribution is 5.93. The molecule has 4 nitrogen and oxygen atoms in total. The van der Waals surface area contributed by atoms with Gasteiger partial charge in [-0.3, -0.25) is 9.88 Å². The van der Waals surface area contributed by atoms with Crippen molar-refractivity contribution in [2.24, 2.45) is 0 Å². The summed E-state index contributed by atoms with van der Waals surface area (Å²) in [6, 6.07) is 9.27. The Bertz CT molecular complexity index is 598. The first kappa shape index (κ1) is 12.1. The molecular formula is C16H19N3O. The second kappa shape index (κ2) is 5.04. The maximum atomic E-state index is 5.30. The Morgan fingerprint density at radius 1 is 1.05 bits per heavy atom. The summed E-state index contributed by atoms with van der Waals surface area (Å²) in [5, 5.41) is 2.53. The van der Waals surface area contributed by atoms with Crippen LogP contribution in [0.15, 0.2) is 36.7 Å². The molecule has 0 spiro atoms. The van der Waals surface area contributed by atoms with Crippen molar-refractivity contribution in [1.82, 2.24) is 9.88 Å². The number of nitrogens with zero attached hydrogens (tertiary/aromatic N) is 3. The number of pyridine rings is 1. The number of piperazine rings is 1. The predicted octanol–water partition coefficient (Wildman–Crippen LogP) is 1.76. The Morgan fingerprint density at radius 3 is 2.65 bits per heavy atom. The van der Waals surface area contributed by atoms with Gasteiger partial charge < -0.3 is 9.64 Å². The Labute approximate surface area is 119 Å². The minimum atomic E-state index is 0.661. The number of rotatable bonds is 2. The average Bonchev–Trinajstić information content (AvgIpc) is 2.46. The molecule has 104 valence electrons. The fourth-order valence-corrected chi connectivity index (χ4v) is 3.14. The lowest BCUT2D eigenvalue weighted by molar-refractivity contribution is -0.0660. The zero-order chi connectivity index (χ0) is 13.4. The molecule has 2 aliphatic heterocycles. The molecule has 2 fully saturated rings. The van der Waals surface area contributed by atoms with Gasteiger partial charge in [0.05, 0.1) is 19.3 Å². The highest BCUT2D eigenvalue weighted by Gasteiger charge is 2.29. The molecule has 2 saturated heterocycles. The van der Waals surface area contributed by atoms with Gasteiger partial charge in [0.1, 0.15) is 0 Å². The first-order chi connectivity index (χ1) is 9.92. The summed E-state index contributed by atoms with van der Waals surface area (Å²) in [6.45, 7) is 6.29. The lowest BCUT2D eigenvalue weighted by Crippen LogP contribution is -2.56. The van der Waals surface area contributed by atoms with Crippen LogP contribution in [-0.2, 0) is 4.74 Å². The second-order valence-electron chi connectivity index (χ2n) is 5.59. The van der Waals surface area contributed by atoms with Gasteiger partial charge in [0.15, 0.2) is 0 Å². The molecule has 4 rings (SSSR count). The van der Waals surface area contributed by atoms with Gasteiger partial charge in [0.25, 0.3) is 0 Å². The van der Waals surface area contributed by atoms with E-state index in [0.29, 0.717) is 6.04 Å². The molecule has 0 atom stereocenters. The molecule has 2 aromatic rings. The van der Waals surface area contributed by atoms with Gasteiger partial charge in [0.2, 0.25) is 0 Å². The Hall–Kier alpha value is -1.65. The molecule has 3 heterocycles. The third-order valence-corrected chi connectivity index (χ3v) is 4.45. The summed E-state index contributed by atoms with van der Waals surface area (Å²) in [5.41, 5.74) is 1.34. The average molecular weight is 269 g/mol. The first-order valence-corrected chi connectivity index (χ1v) is 7.31. The minimum Gasteiger partial charge on any atom is -0.378 e. The highest BCUT2D eigenvalue weighted by atomic mass is 16.5. The molecule has 0 aliphatic carbocycles. The lowest BCUT2D eigenvalue weighted by Gasteiger charge is -2.43. The monoisotopic (exact) mass is 269 g/mol. The van der Waals surface area contributed by atoms with E-state index in [1.165, 1.54) is 16.5 Å². The lowest BCUT2D eigenvalue weighted by atomic mass is 10.1. The van der Waals surface area contributed by atoms with Crippen LogP contribution < -0.4 is 4.90 Å². The van der Waals surface area contributed by atoms with Crippen LogP contribution >= 0.6 is 0 Å². The number of hydrogen-bond donors (Lipinski definition) is 0. The van der Waals surface area contributed by atoms with Gasteiger partial charge in [-0.05, 0) is 12.1 Å². The summed E-state index contributed by atoms with van der Waals surface area (Å²) < 4.78 is 5.30. The third kappa shape index (κ3) is 2.05. The van der Waals surface area contributed by atoms with E-state index in [-0.39, 0.29) is 0 Å². The van der Waals surface area contributed by atoms with Crippen LogP contribution in [0.25, 0.3) is 10.8 Å². The zero-order valence-electron chi connectivity index (χ0n) is 11.5. The quantitative estimate of drug-likeness (QED) is 0.830. The summed E-state index contributed by atoms with van der Waals surface area (Å²) in [7, 11) is 0. The van der Waals surface area contributed by atoms with Crippen molar-refractivity contribution in [2.75, 3.05) is 44.3 Å². The van der Waals surface area contributed by atoms with Crippen molar-refractivity contribution in [1.29, 1.82) is 0 Å². The molecule has 0 N–H and O–H groups in total. The van der Waals surface area contributed by atoms with E-state index in [2.05, 4.69) is 39.0 Å². The molecule has 0 saturated carbocycles. The van der Waals surface area contributed by atoms with Crippen LogP contribution in [0.4, 0.5) is 5.69 Å². The number of anilines is 1. The molecule has 0 bridgehead atoms. The molecule has 0 amide bonds. The second-order valence-corrected chi connectivity index (χ2v) is 5.59. The van der Waals surface area contributed by atoms with E-state index >= 15 is 0 Å². The Morgan fingerprint density at radius 2 is 1.90 bits per heavy atom. The standard InChI is InChI=1S/C16H19N3O/c1-2-13-10-17-5-4-15(13)16(3-1)19-8-6-18(7-9-19)14-11-20-12-14/h1-5,10,14H,6-9,11-12H2. The third-order valence-electron chi connectivity index (χ3n) is 4.45. The van der Waals surface area contributed by atoms with Gasteiger partial charge in [-0.15, -0.1) is 0 Å². The number of ether oxygens (including phenoxy) is 1. The molecular weight excluding hydrogens is 250 g/mol. The Balaban J connectivity index is 1.55. The van der Waals surface area contributed by atoms with Crippen molar-refractivity contribution >= 4 is 16.5 Å². The van der Waals surface area contributed by atoms with Gasteiger partial charge in [0, 0.05) is 55.0 Å². The summed E-state index contributed by atoms with van der Waals surface area (Å²) in [4.78, 5) is 9.27. The smallest absolute Gasteiger partial charge is 0.0645 e. The highest BCUT2D eigenvalue weighted by Crippen LogP contribution is 2.27. The SMILES string of the molecule is c1cc(N2CCN(C3COC3)CC2)c2ccncc2c1. The number of hydrogen-bond acceptors (Lipinski definition) is 4. The van der Waals surface area contributed by atoms with Crippen LogP contribution in [0.3, 0.4) is 0 Å². The number of benzene rings is 1. The fraction of sp³-hybridized carbons (Fsp3) is 0.438. The van der Waals surface area contributed by atoms with E-state index in [1.807, 2.05) is 12.4 Å². The van der Waals surface area contributed by atoms with Crippen molar-refractivity contribution < 1.29 is 4.74 Å². The van der Waals surface area contributed by atoms with Crippen molar-refractivity contribution in [3.63, 3.8) is 0 Å². The Kier molecular flexibility index (Phi) is 3.05. The molecule has 1 aromatic heterocycles. The zero-order valence-corrected chi connectivity index (χ0v) is 11.5. The summed E-state index contributed by atoms with van der Waals surface area (Å²) >= 11 is 0. The van der Waals surface area contributed by atoms with Crippen molar-refractivity contribution in [3.8, 4) is 0 Å².